The van der Waals surface area contributed by atoms with E-state index in [9.17, 15) is 14.1 Å². The van der Waals surface area contributed by atoms with Gasteiger partial charge in [-0.05, 0) is 25.0 Å². The van der Waals surface area contributed by atoms with E-state index in [2.05, 4.69) is 31.9 Å². The molecule has 3 atom stereocenters. The lowest BCUT2D eigenvalue weighted by Gasteiger charge is -2.43. The highest BCUT2D eigenvalue weighted by molar-refractivity contribution is 9.26. The molecule has 0 aromatic heterocycles. The summed E-state index contributed by atoms with van der Waals surface area (Å²) in [5, 5.41) is 8.49. The maximum Gasteiger partial charge on any atom is 0.332 e. The fourth-order valence-electron chi connectivity index (χ4n) is 2.13. The number of aliphatic carboxylic acids is 1. The number of alkyl halides is 2. The van der Waals surface area contributed by atoms with Crippen molar-refractivity contribution < 1.29 is 19.2 Å². The highest BCUT2D eigenvalue weighted by atomic mass is 79.9. The number of carbonyl (C=O) groups excluding carboxylic acids is 1. The van der Waals surface area contributed by atoms with Gasteiger partial charge < -0.3 is 9.66 Å². The second-order valence-corrected chi connectivity index (χ2v) is 9.99. The Morgan fingerprint density at radius 1 is 1.56 bits per heavy atom. The highest BCUT2D eigenvalue weighted by Gasteiger charge is 2.77. The first kappa shape index (κ1) is 12.7. The quantitative estimate of drug-likeness (QED) is 0.414. The first-order valence-electron chi connectivity index (χ1n) is 4.47. The van der Waals surface area contributed by atoms with Crippen LogP contribution in [0.4, 0.5) is 0 Å². The van der Waals surface area contributed by atoms with Gasteiger partial charge >= 0.3 is 5.97 Å². The van der Waals surface area contributed by atoms with Gasteiger partial charge in [0, 0.05) is 0 Å². The van der Waals surface area contributed by atoms with Crippen LogP contribution in [0.3, 0.4) is 0 Å². The molecule has 5 nitrogen and oxygen atoms in total. The van der Waals surface area contributed by atoms with E-state index in [-0.39, 0.29) is 5.91 Å². The molecule has 0 aliphatic carbocycles. The first-order valence-corrected chi connectivity index (χ1v) is 7.27. The zero-order chi connectivity index (χ0) is 12.5. The monoisotopic (exact) mass is 373 g/mol. The Labute approximate surface area is 112 Å². The van der Waals surface area contributed by atoms with Crippen LogP contribution in [-0.4, -0.2) is 45.8 Å². The summed E-state index contributed by atoms with van der Waals surface area (Å²) >= 11 is 4.86. The summed E-state index contributed by atoms with van der Waals surface area (Å²) in [4.78, 5) is 24.1. The maximum absolute atomic E-state index is 12.2. The van der Waals surface area contributed by atoms with Crippen molar-refractivity contribution in [2.45, 2.75) is 33.2 Å². The second kappa shape index (κ2) is 3.37. The Morgan fingerprint density at radius 2 is 2.06 bits per heavy atom. The van der Waals surface area contributed by atoms with Crippen LogP contribution in [0.2, 0.25) is 0 Å². The summed E-state index contributed by atoms with van der Waals surface area (Å²) in [6.45, 7) is 3.20. The second-order valence-electron chi connectivity index (χ2n) is 4.33. The molecular formula is C8H9Br2NO4S. The van der Waals surface area contributed by atoms with E-state index < -0.39 is 36.5 Å². The number of carboxylic acids is 1. The van der Waals surface area contributed by atoms with E-state index in [4.69, 9.17) is 5.11 Å². The molecule has 2 aliphatic rings. The largest absolute Gasteiger partial charge is 0.614 e. The Balaban J connectivity index is 2.46. The topological polar surface area (TPSA) is 80.7 Å². The summed E-state index contributed by atoms with van der Waals surface area (Å²) < 4.78 is 10.1. The predicted octanol–water partition coefficient (Wildman–Crippen LogP) is 0.635. The Kier molecular flexibility index (Phi) is 2.66. The third kappa shape index (κ3) is 1.27. The van der Waals surface area contributed by atoms with Gasteiger partial charge in [0.2, 0.25) is 8.61 Å². The molecular weight excluding hydrogens is 366 g/mol. The van der Waals surface area contributed by atoms with Crippen LogP contribution in [0.1, 0.15) is 13.8 Å². The summed E-state index contributed by atoms with van der Waals surface area (Å²) in [5.41, 5.74) is 0. The van der Waals surface area contributed by atoms with Crippen molar-refractivity contribution in [1.29, 1.82) is 0 Å². The average molecular weight is 375 g/mol. The normalized spacial score (nSPS) is 39.2. The highest BCUT2D eigenvalue weighted by Crippen LogP contribution is 2.56. The van der Waals surface area contributed by atoms with Crippen molar-refractivity contribution in [1.82, 2.24) is 4.90 Å². The van der Waals surface area contributed by atoms with Gasteiger partial charge in [-0.1, -0.05) is 31.9 Å². The number of carboxylic acid groups (broad SMARTS) is 1. The van der Waals surface area contributed by atoms with Crippen LogP contribution in [0.5, 0.6) is 0 Å². The number of nitrogens with zero attached hydrogens (tertiary/aromatic N) is 1. The number of β-lactam (4-membered cyclic amide) rings is 1. The van der Waals surface area contributed by atoms with Crippen LogP contribution < -0.4 is 0 Å². The molecule has 2 fully saturated rings. The fourth-order valence-corrected chi connectivity index (χ4v) is 5.80. The molecule has 2 saturated heterocycles. The van der Waals surface area contributed by atoms with E-state index in [0.29, 0.717) is 0 Å². The Hall–Kier alpha value is 0.210. The van der Waals surface area contributed by atoms with Crippen molar-refractivity contribution in [2.75, 3.05) is 0 Å². The third-order valence-corrected chi connectivity index (χ3v) is 7.37. The standard InChI is InChI=1S/C8H9Br2NO4S/c1-7(2)3(4(12)13)11-5(14)8(9,10)6(11)16(7)15/h3,6H,1-2H3,(H,12,13)/t3-,6+,16?/m0/s1. The fraction of sp³-hybridized carbons (Fsp3) is 0.750. The van der Waals surface area contributed by atoms with Gasteiger partial charge in [0.15, 0.2) is 10.8 Å². The molecule has 90 valence electrons. The third-order valence-electron chi connectivity index (χ3n) is 2.97. The predicted molar refractivity (Wildman–Crippen MR) is 64.9 cm³/mol. The average Bonchev–Trinajstić information content (AvgIpc) is 2.33. The number of halogens is 2. The molecule has 8 heteroatoms. The molecule has 1 N–H and O–H groups in total. The molecule has 2 heterocycles. The first-order chi connectivity index (χ1) is 7.13. The smallest absolute Gasteiger partial charge is 0.332 e. The van der Waals surface area contributed by atoms with Gasteiger partial charge in [-0.15, -0.1) is 0 Å². The maximum atomic E-state index is 12.2. The summed E-state index contributed by atoms with van der Waals surface area (Å²) in [5.74, 6) is -1.51. The lowest BCUT2D eigenvalue weighted by atomic mass is 9.98. The number of fused-ring (bicyclic) bond motifs is 1. The van der Waals surface area contributed by atoms with Gasteiger partial charge in [-0.25, -0.2) is 4.79 Å². The van der Waals surface area contributed by atoms with Crippen molar-refractivity contribution in [2.24, 2.45) is 0 Å². The molecule has 0 spiro atoms. The number of hydrogen-bond acceptors (Lipinski definition) is 3. The van der Waals surface area contributed by atoms with Gasteiger partial charge in [-0.2, -0.15) is 0 Å². The number of hydrogen-bond donors (Lipinski definition) is 1. The van der Waals surface area contributed by atoms with E-state index >= 15 is 0 Å². The van der Waals surface area contributed by atoms with Crippen molar-refractivity contribution in [3.8, 4) is 0 Å². The Morgan fingerprint density at radius 3 is 2.50 bits per heavy atom. The van der Waals surface area contributed by atoms with E-state index in [1.807, 2.05) is 0 Å². The summed E-state index contributed by atoms with van der Waals surface area (Å²) in [6, 6.07) is -1.03. The molecule has 0 aromatic carbocycles. The molecule has 0 saturated carbocycles. The van der Waals surface area contributed by atoms with Crippen molar-refractivity contribution >= 4 is 54.9 Å². The van der Waals surface area contributed by atoms with Crippen molar-refractivity contribution in [3.05, 3.63) is 0 Å². The van der Waals surface area contributed by atoms with E-state index in [0.717, 1.165) is 0 Å². The van der Waals surface area contributed by atoms with Gasteiger partial charge in [0.05, 0.1) is 0 Å². The van der Waals surface area contributed by atoms with Crippen LogP contribution in [0.15, 0.2) is 0 Å². The van der Waals surface area contributed by atoms with Gasteiger partial charge in [0.1, 0.15) is 0 Å². The molecule has 2 rings (SSSR count). The zero-order valence-electron chi connectivity index (χ0n) is 8.44. The summed E-state index contributed by atoms with van der Waals surface area (Å²) in [6.07, 6.45) is 0. The van der Waals surface area contributed by atoms with Gasteiger partial charge in [0.25, 0.3) is 5.91 Å². The van der Waals surface area contributed by atoms with Crippen LogP contribution in [0, 0.1) is 0 Å². The number of amides is 1. The van der Waals surface area contributed by atoms with Gasteiger partial charge in [-0.3, -0.25) is 9.69 Å². The molecule has 1 unspecified atom stereocenters. The van der Waals surface area contributed by atoms with Crippen LogP contribution >= 0.6 is 31.9 Å². The minimum atomic E-state index is -1.43. The molecule has 0 radical (unpaired) electrons. The number of carbonyl (C=O) groups is 2. The number of rotatable bonds is 1. The van der Waals surface area contributed by atoms with E-state index in [1.54, 1.807) is 13.8 Å². The molecule has 0 bridgehead atoms. The molecule has 0 aromatic rings. The van der Waals surface area contributed by atoms with Crippen molar-refractivity contribution in [3.63, 3.8) is 0 Å². The molecule has 2 aliphatic heterocycles. The van der Waals surface area contributed by atoms with Crippen LogP contribution in [-0.2, 0) is 20.8 Å². The molecule has 16 heavy (non-hydrogen) atoms. The minimum absolute atomic E-state index is 0.385. The molecule has 1 amide bonds. The van der Waals surface area contributed by atoms with Crippen LogP contribution in [0.25, 0.3) is 0 Å². The summed E-state index contributed by atoms with van der Waals surface area (Å²) in [7, 11) is 0. The SMILES string of the molecule is CC1(C)[C@H](C(=O)O)N2C(=O)C(Br)(Br)[C@H]2[S+]1[O-]. The lowest BCUT2D eigenvalue weighted by Crippen LogP contribution is -2.69. The van der Waals surface area contributed by atoms with E-state index in [1.165, 1.54) is 4.90 Å². The minimum Gasteiger partial charge on any atom is -0.614 e. The zero-order valence-corrected chi connectivity index (χ0v) is 12.4. The lowest BCUT2D eigenvalue weighted by molar-refractivity contribution is -0.157. The Bertz CT molecular complexity index is 386.